The van der Waals surface area contributed by atoms with Crippen molar-refractivity contribution in [2.24, 2.45) is 0 Å². The van der Waals surface area contributed by atoms with Crippen molar-refractivity contribution in [2.75, 3.05) is 0 Å². The van der Waals surface area contributed by atoms with Gasteiger partial charge in [-0.25, -0.2) is 22.2 Å². The van der Waals surface area contributed by atoms with Crippen LogP contribution in [0, 0.1) is 12.7 Å². The van der Waals surface area contributed by atoms with Crippen molar-refractivity contribution in [3.63, 3.8) is 0 Å². The zero-order valence-electron chi connectivity index (χ0n) is 16.8. The van der Waals surface area contributed by atoms with E-state index >= 15 is 0 Å². The SMILES string of the molecule is Cc1c(O)n(-c2ccc(S(=O)(=O)C(F)(F)F)cc2)c(=O)n1Cc1ccnc2c(F)cccc12. The molecule has 1 N–H and O–H groups in total. The quantitative estimate of drug-likeness (QED) is 0.449. The molecule has 0 saturated carbocycles. The molecule has 12 heteroatoms. The molecule has 0 amide bonds. The van der Waals surface area contributed by atoms with Gasteiger partial charge in [0.25, 0.3) is 9.84 Å². The summed E-state index contributed by atoms with van der Waals surface area (Å²) >= 11 is 0. The smallest absolute Gasteiger partial charge is 0.493 e. The molecule has 0 bridgehead atoms. The van der Waals surface area contributed by atoms with Crippen LogP contribution in [0.3, 0.4) is 0 Å². The lowest BCUT2D eigenvalue weighted by molar-refractivity contribution is -0.0436. The Bertz CT molecular complexity index is 1540. The molecule has 2 heterocycles. The van der Waals surface area contributed by atoms with Crippen molar-refractivity contribution in [3.05, 3.63) is 82.3 Å². The molecule has 0 aliphatic carbocycles. The first-order chi connectivity index (χ1) is 15.4. The van der Waals surface area contributed by atoms with E-state index < -0.39 is 37.6 Å². The Balaban J connectivity index is 1.78. The Labute approximate surface area is 184 Å². The highest BCUT2D eigenvalue weighted by molar-refractivity contribution is 7.92. The first kappa shape index (κ1) is 22.5. The van der Waals surface area contributed by atoms with Gasteiger partial charge >= 0.3 is 11.2 Å². The van der Waals surface area contributed by atoms with Crippen molar-refractivity contribution < 1.29 is 31.1 Å². The van der Waals surface area contributed by atoms with Gasteiger partial charge in [-0.1, -0.05) is 12.1 Å². The van der Waals surface area contributed by atoms with Crippen molar-refractivity contribution in [1.82, 2.24) is 14.1 Å². The molecule has 0 saturated heterocycles. The third-order valence-corrected chi connectivity index (χ3v) is 6.72. The molecule has 0 unspecified atom stereocenters. The largest absolute Gasteiger partial charge is 0.501 e. The molecule has 4 rings (SSSR count). The maximum absolute atomic E-state index is 14.1. The van der Waals surface area contributed by atoms with Gasteiger partial charge in [0, 0.05) is 11.6 Å². The summed E-state index contributed by atoms with van der Waals surface area (Å²) in [5.74, 6) is -1.01. The highest BCUT2D eigenvalue weighted by Gasteiger charge is 2.46. The highest BCUT2D eigenvalue weighted by Crippen LogP contribution is 2.31. The number of pyridine rings is 1. The monoisotopic (exact) mass is 481 g/mol. The summed E-state index contributed by atoms with van der Waals surface area (Å²) < 4.78 is 77.5. The van der Waals surface area contributed by atoms with Crippen LogP contribution in [0.4, 0.5) is 17.6 Å². The van der Waals surface area contributed by atoms with Crippen LogP contribution in [0.5, 0.6) is 5.88 Å². The minimum atomic E-state index is -5.56. The molecule has 2 aromatic carbocycles. The molecule has 33 heavy (non-hydrogen) atoms. The number of sulfone groups is 1. The van der Waals surface area contributed by atoms with Gasteiger partial charge in [0.05, 0.1) is 22.8 Å². The summed E-state index contributed by atoms with van der Waals surface area (Å²) in [5, 5.41) is 11.0. The number of aromatic nitrogens is 3. The second-order valence-electron chi connectivity index (χ2n) is 7.16. The molecule has 0 radical (unpaired) electrons. The van der Waals surface area contributed by atoms with Crippen LogP contribution >= 0.6 is 0 Å². The Kier molecular flexibility index (Phi) is 5.27. The van der Waals surface area contributed by atoms with Gasteiger partial charge in [-0.3, -0.25) is 9.55 Å². The van der Waals surface area contributed by atoms with Gasteiger partial charge in [0.15, 0.2) is 0 Å². The average Bonchev–Trinajstić information content (AvgIpc) is 2.97. The standard InChI is InChI=1S/C21H15F4N3O4S/c1-12-19(29)28(14-5-7-15(8-6-14)33(31,32)21(23,24)25)20(30)27(12)11-13-9-10-26-18-16(13)3-2-4-17(18)22/h2-10,29H,11H2,1H3. The molecule has 0 aliphatic heterocycles. The van der Waals surface area contributed by atoms with Gasteiger partial charge in [-0.15, -0.1) is 0 Å². The van der Waals surface area contributed by atoms with E-state index in [0.717, 1.165) is 16.7 Å². The second-order valence-corrected chi connectivity index (χ2v) is 9.10. The van der Waals surface area contributed by atoms with Gasteiger partial charge in [-0.2, -0.15) is 13.2 Å². The molecule has 0 aliphatic rings. The van der Waals surface area contributed by atoms with Crippen LogP contribution in [-0.2, 0) is 16.4 Å². The van der Waals surface area contributed by atoms with E-state index in [1.165, 1.54) is 29.8 Å². The normalized spacial score (nSPS) is 12.4. The van der Waals surface area contributed by atoms with Gasteiger partial charge in [-0.05, 0) is 48.9 Å². The molecule has 0 spiro atoms. The number of benzene rings is 2. The summed E-state index contributed by atoms with van der Waals surface area (Å²) in [4.78, 5) is 16.0. The summed E-state index contributed by atoms with van der Waals surface area (Å²) in [7, 11) is -5.56. The summed E-state index contributed by atoms with van der Waals surface area (Å²) in [6, 6.07) is 9.36. The van der Waals surface area contributed by atoms with E-state index in [0.29, 0.717) is 23.1 Å². The number of hydrogen-bond acceptors (Lipinski definition) is 5. The summed E-state index contributed by atoms with van der Waals surface area (Å²) in [6.07, 6.45) is 1.39. The van der Waals surface area contributed by atoms with E-state index in [1.54, 1.807) is 12.1 Å². The third-order valence-electron chi connectivity index (χ3n) is 5.21. The fourth-order valence-electron chi connectivity index (χ4n) is 3.47. The lowest BCUT2D eigenvalue weighted by atomic mass is 10.1. The Morgan fingerprint density at radius 2 is 1.73 bits per heavy atom. The van der Waals surface area contributed by atoms with Crippen LogP contribution in [0.25, 0.3) is 16.6 Å². The Morgan fingerprint density at radius 1 is 1.06 bits per heavy atom. The molecule has 4 aromatic rings. The fraction of sp³-hybridized carbons (Fsp3) is 0.143. The maximum atomic E-state index is 14.1. The maximum Gasteiger partial charge on any atom is 0.501 e. The molecule has 0 atom stereocenters. The topological polar surface area (TPSA) is 94.2 Å². The van der Waals surface area contributed by atoms with E-state index in [9.17, 15) is 35.9 Å². The number of para-hydroxylation sites is 1. The van der Waals surface area contributed by atoms with Crippen LogP contribution in [0.1, 0.15) is 11.3 Å². The van der Waals surface area contributed by atoms with E-state index in [-0.39, 0.29) is 23.4 Å². The summed E-state index contributed by atoms with van der Waals surface area (Å²) in [6.45, 7) is 1.41. The predicted molar refractivity (Wildman–Crippen MR) is 110 cm³/mol. The van der Waals surface area contributed by atoms with Crippen molar-refractivity contribution >= 4 is 20.7 Å². The van der Waals surface area contributed by atoms with E-state index in [1.807, 2.05) is 0 Å². The van der Waals surface area contributed by atoms with Gasteiger partial charge < -0.3 is 5.11 Å². The van der Waals surface area contributed by atoms with E-state index in [2.05, 4.69) is 4.98 Å². The van der Waals surface area contributed by atoms with Crippen LogP contribution in [-0.4, -0.2) is 33.2 Å². The lowest BCUT2D eigenvalue weighted by Gasteiger charge is -2.09. The summed E-state index contributed by atoms with van der Waals surface area (Å²) in [5.41, 5.74) is -5.42. The highest BCUT2D eigenvalue weighted by atomic mass is 32.2. The first-order valence-electron chi connectivity index (χ1n) is 9.38. The number of halogens is 4. The zero-order chi connectivity index (χ0) is 24.1. The number of aromatic hydroxyl groups is 1. The third kappa shape index (κ3) is 3.65. The van der Waals surface area contributed by atoms with Crippen LogP contribution in [0.2, 0.25) is 0 Å². The molecule has 7 nitrogen and oxygen atoms in total. The lowest BCUT2D eigenvalue weighted by Crippen LogP contribution is -2.25. The molecule has 0 fully saturated rings. The molecular weight excluding hydrogens is 466 g/mol. The van der Waals surface area contributed by atoms with Gasteiger partial charge in [0.2, 0.25) is 5.88 Å². The minimum Gasteiger partial charge on any atom is -0.493 e. The molecule has 172 valence electrons. The molecule has 2 aromatic heterocycles. The zero-order valence-corrected chi connectivity index (χ0v) is 17.7. The van der Waals surface area contributed by atoms with Crippen LogP contribution in [0.15, 0.2) is 64.4 Å². The fourth-order valence-corrected chi connectivity index (χ4v) is 4.23. The van der Waals surface area contributed by atoms with E-state index in [4.69, 9.17) is 0 Å². The number of hydrogen-bond donors (Lipinski definition) is 1. The minimum absolute atomic E-state index is 0.0360. The van der Waals surface area contributed by atoms with Crippen molar-refractivity contribution in [2.45, 2.75) is 23.9 Å². The Hall–Kier alpha value is -3.67. The molecular formula is C21H15F4N3O4S. The number of imidazole rings is 1. The predicted octanol–water partition coefficient (Wildman–Crippen LogP) is 3.68. The van der Waals surface area contributed by atoms with Crippen molar-refractivity contribution in [1.29, 1.82) is 0 Å². The van der Waals surface area contributed by atoms with Crippen LogP contribution < -0.4 is 5.69 Å². The second kappa shape index (κ2) is 7.73. The average molecular weight is 481 g/mol. The van der Waals surface area contributed by atoms with Gasteiger partial charge in [0.1, 0.15) is 11.3 Å². The van der Waals surface area contributed by atoms with Crippen molar-refractivity contribution in [3.8, 4) is 11.6 Å². The Morgan fingerprint density at radius 3 is 2.36 bits per heavy atom. The first-order valence-corrected chi connectivity index (χ1v) is 10.9. The number of nitrogens with zero attached hydrogens (tertiary/aromatic N) is 3. The number of alkyl halides is 3. The number of fused-ring (bicyclic) bond motifs is 1. The number of rotatable bonds is 4.